The van der Waals surface area contributed by atoms with Gasteiger partial charge in [0.15, 0.2) is 0 Å². The highest BCUT2D eigenvalue weighted by molar-refractivity contribution is 7.16. The monoisotopic (exact) mass is 292 g/mol. The molecule has 1 heterocycles. The molecule has 0 radical (unpaired) electrons. The molecule has 2 rings (SSSR count). The number of aliphatic hydroxyl groups excluding tert-OH is 1. The van der Waals surface area contributed by atoms with Gasteiger partial charge in [0.25, 0.3) is 0 Å². The number of hydrogen-bond acceptors (Lipinski definition) is 2. The summed E-state index contributed by atoms with van der Waals surface area (Å²) in [5.41, 5.74) is 0.590. The van der Waals surface area contributed by atoms with Crippen LogP contribution < -0.4 is 0 Å². The molecule has 5 heteroatoms. The van der Waals surface area contributed by atoms with Gasteiger partial charge in [0, 0.05) is 20.5 Å². The molecule has 2 aromatic rings. The van der Waals surface area contributed by atoms with Crippen molar-refractivity contribution in [2.24, 2.45) is 0 Å². The zero-order chi connectivity index (χ0) is 11.7. The lowest BCUT2D eigenvalue weighted by Gasteiger charge is -2.11. The Labute approximate surface area is 112 Å². The van der Waals surface area contributed by atoms with Crippen molar-refractivity contribution in [3.8, 4) is 0 Å². The zero-order valence-electron chi connectivity index (χ0n) is 7.95. The minimum Gasteiger partial charge on any atom is -0.383 e. The van der Waals surface area contributed by atoms with E-state index in [1.54, 1.807) is 30.3 Å². The van der Waals surface area contributed by atoms with Crippen LogP contribution in [0.5, 0.6) is 0 Å². The summed E-state index contributed by atoms with van der Waals surface area (Å²) in [6.07, 6.45) is -0.788. The summed E-state index contributed by atoms with van der Waals surface area (Å²) in [5, 5.41) is 11.1. The molecule has 16 heavy (non-hydrogen) atoms. The molecule has 0 saturated heterocycles. The van der Waals surface area contributed by atoms with Gasteiger partial charge >= 0.3 is 0 Å². The van der Waals surface area contributed by atoms with Gasteiger partial charge in [0.1, 0.15) is 6.10 Å². The van der Waals surface area contributed by atoms with Crippen LogP contribution in [0.4, 0.5) is 0 Å². The standard InChI is InChI=1S/C11H7Cl3OS/c12-6-1-2-8(13)7(5-6)11(15)9-3-4-10(14)16-9/h1-5,11,15H. The second-order valence-corrected chi connectivity index (χ2v) is 5.80. The van der Waals surface area contributed by atoms with Crippen molar-refractivity contribution in [3.05, 3.63) is 55.2 Å². The summed E-state index contributed by atoms with van der Waals surface area (Å²) in [7, 11) is 0. The molecule has 84 valence electrons. The van der Waals surface area contributed by atoms with E-state index in [1.807, 2.05) is 0 Å². The van der Waals surface area contributed by atoms with Gasteiger partial charge in [-0.1, -0.05) is 34.8 Å². The molecule has 1 N–H and O–H groups in total. The van der Waals surface area contributed by atoms with Crippen molar-refractivity contribution in [2.45, 2.75) is 6.10 Å². The number of thiophene rings is 1. The van der Waals surface area contributed by atoms with E-state index in [1.165, 1.54) is 11.3 Å². The van der Waals surface area contributed by atoms with E-state index in [2.05, 4.69) is 0 Å². The molecule has 1 atom stereocenters. The Balaban J connectivity index is 2.40. The summed E-state index contributed by atoms with van der Waals surface area (Å²) < 4.78 is 0.632. The minimum absolute atomic E-state index is 0.487. The molecule has 0 fully saturated rings. The van der Waals surface area contributed by atoms with Crippen LogP contribution in [0.2, 0.25) is 14.4 Å². The molecule has 1 aromatic heterocycles. The van der Waals surface area contributed by atoms with Crippen molar-refractivity contribution in [1.29, 1.82) is 0 Å². The van der Waals surface area contributed by atoms with Crippen LogP contribution >= 0.6 is 46.1 Å². The summed E-state index contributed by atoms with van der Waals surface area (Å²) in [4.78, 5) is 0.745. The topological polar surface area (TPSA) is 20.2 Å². The molecule has 0 bridgehead atoms. The highest BCUT2D eigenvalue weighted by atomic mass is 35.5. The predicted octanol–water partition coefficient (Wildman–Crippen LogP) is 4.79. The average Bonchev–Trinajstić information content (AvgIpc) is 2.67. The lowest BCUT2D eigenvalue weighted by Crippen LogP contribution is -1.97. The van der Waals surface area contributed by atoms with Crippen LogP contribution in [0, 0.1) is 0 Å². The molecule has 0 aliphatic heterocycles. The van der Waals surface area contributed by atoms with Crippen molar-refractivity contribution < 1.29 is 5.11 Å². The summed E-state index contributed by atoms with van der Waals surface area (Å²) in [6.45, 7) is 0. The molecule has 1 nitrogen and oxygen atoms in total. The Hall–Kier alpha value is -0.250. The van der Waals surface area contributed by atoms with E-state index in [0.29, 0.717) is 19.9 Å². The number of aliphatic hydroxyl groups is 1. The normalized spacial score (nSPS) is 12.8. The van der Waals surface area contributed by atoms with Gasteiger partial charge in [-0.15, -0.1) is 11.3 Å². The van der Waals surface area contributed by atoms with Crippen LogP contribution in [0.3, 0.4) is 0 Å². The third kappa shape index (κ3) is 2.53. The zero-order valence-corrected chi connectivity index (χ0v) is 11.0. The van der Waals surface area contributed by atoms with E-state index in [9.17, 15) is 5.11 Å². The van der Waals surface area contributed by atoms with E-state index >= 15 is 0 Å². The first kappa shape index (κ1) is 12.2. The molecule has 0 aliphatic rings. The van der Waals surface area contributed by atoms with Crippen LogP contribution in [-0.4, -0.2) is 5.11 Å². The molecule has 1 aromatic carbocycles. The third-order valence-electron chi connectivity index (χ3n) is 2.12. The largest absolute Gasteiger partial charge is 0.383 e. The Morgan fingerprint density at radius 2 is 1.81 bits per heavy atom. The van der Waals surface area contributed by atoms with E-state index in [0.717, 1.165) is 4.88 Å². The van der Waals surface area contributed by atoms with Gasteiger partial charge in [-0.25, -0.2) is 0 Å². The molecule has 1 unspecified atom stereocenters. The van der Waals surface area contributed by atoms with Crippen molar-refractivity contribution >= 4 is 46.1 Å². The third-order valence-corrected chi connectivity index (χ3v) is 3.98. The Kier molecular flexibility index (Phi) is 3.77. The molecule has 0 amide bonds. The Morgan fingerprint density at radius 3 is 2.44 bits per heavy atom. The maximum absolute atomic E-state index is 10.1. The maximum Gasteiger partial charge on any atom is 0.115 e. The SMILES string of the molecule is OC(c1ccc(Cl)s1)c1cc(Cl)ccc1Cl. The first-order valence-electron chi connectivity index (χ1n) is 4.46. The van der Waals surface area contributed by atoms with Crippen molar-refractivity contribution in [1.82, 2.24) is 0 Å². The molecule has 0 spiro atoms. The second kappa shape index (κ2) is 4.94. The molecular formula is C11H7Cl3OS. The molecular weight excluding hydrogens is 287 g/mol. The summed E-state index contributed by atoms with van der Waals surface area (Å²) >= 11 is 19.0. The highest BCUT2D eigenvalue weighted by Gasteiger charge is 2.16. The number of rotatable bonds is 2. The fourth-order valence-electron chi connectivity index (χ4n) is 1.35. The Bertz CT molecular complexity index is 510. The molecule has 0 saturated carbocycles. The van der Waals surface area contributed by atoms with Gasteiger partial charge in [0.2, 0.25) is 0 Å². The van der Waals surface area contributed by atoms with Gasteiger partial charge < -0.3 is 5.11 Å². The van der Waals surface area contributed by atoms with Gasteiger partial charge in [0.05, 0.1) is 4.34 Å². The van der Waals surface area contributed by atoms with Crippen LogP contribution in [0.1, 0.15) is 16.5 Å². The van der Waals surface area contributed by atoms with Crippen LogP contribution in [0.15, 0.2) is 30.3 Å². The van der Waals surface area contributed by atoms with Crippen LogP contribution in [-0.2, 0) is 0 Å². The van der Waals surface area contributed by atoms with E-state index in [4.69, 9.17) is 34.8 Å². The summed E-state index contributed by atoms with van der Waals surface area (Å²) in [6, 6.07) is 8.51. The van der Waals surface area contributed by atoms with E-state index in [-0.39, 0.29) is 0 Å². The van der Waals surface area contributed by atoms with Gasteiger partial charge in [-0.3, -0.25) is 0 Å². The second-order valence-electron chi connectivity index (χ2n) is 3.21. The highest BCUT2D eigenvalue weighted by Crippen LogP contribution is 2.35. The molecule has 0 aliphatic carbocycles. The number of hydrogen-bond donors (Lipinski definition) is 1. The predicted molar refractivity (Wildman–Crippen MR) is 69.9 cm³/mol. The lowest BCUT2D eigenvalue weighted by molar-refractivity contribution is 0.224. The van der Waals surface area contributed by atoms with E-state index < -0.39 is 6.10 Å². The fraction of sp³-hybridized carbons (Fsp3) is 0.0909. The van der Waals surface area contributed by atoms with Gasteiger partial charge in [-0.05, 0) is 30.3 Å². The Morgan fingerprint density at radius 1 is 1.06 bits per heavy atom. The summed E-state index contributed by atoms with van der Waals surface area (Å²) in [5.74, 6) is 0. The first-order valence-corrected chi connectivity index (χ1v) is 6.41. The van der Waals surface area contributed by atoms with Crippen molar-refractivity contribution in [2.75, 3.05) is 0 Å². The quantitative estimate of drug-likeness (QED) is 0.844. The number of halogens is 3. The van der Waals surface area contributed by atoms with Gasteiger partial charge in [-0.2, -0.15) is 0 Å². The average molecular weight is 294 g/mol. The van der Waals surface area contributed by atoms with Crippen molar-refractivity contribution in [3.63, 3.8) is 0 Å². The fourth-order valence-corrected chi connectivity index (χ4v) is 2.82. The smallest absolute Gasteiger partial charge is 0.115 e. The van der Waals surface area contributed by atoms with Crippen LogP contribution in [0.25, 0.3) is 0 Å². The minimum atomic E-state index is -0.788. The maximum atomic E-state index is 10.1. The number of benzene rings is 1. The lowest BCUT2D eigenvalue weighted by atomic mass is 10.1. The first-order chi connectivity index (χ1) is 7.58.